The standard InChI is InChI=1S/C26H49N3O6S/c1-18(2)14-21(31)27-13-12-26(8,9)35-16-25(6,7)29-23(34)19(15-36-17-24(3,4)5)28-20(30)10-11-22(32)33/h18-19H,10-17H2,1-9H3,(H,27,31)(H,28,30)(H,29,34)(H,32,33)/t19-/m0/s1. The highest BCUT2D eigenvalue weighted by atomic mass is 32.2. The third-order valence-electron chi connectivity index (χ3n) is 4.97. The Morgan fingerprint density at radius 2 is 1.56 bits per heavy atom. The largest absolute Gasteiger partial charge is 0.481 e. The van der Waals surface area contributed by atoms with E-state index in [0.717, 1.165) is 5.75 Å². The van der Waals surface area contributed by atoms with E-state index < -0.39 is 29.1 Å². The number of hydrogen-bond donors (Lipinski definition) is 4. The lowest BCUT2D eigenvalue weighted by molar-refractivity contribution is -0.139. The van der Waals surface area contributed by atoms with Crippen LogP contribution in [0.15, 0.2) is 0 Å². The molecule has 0 unspecified atom stereocenters. The van der Waals surface area contributed by atoms with Crippen LogP contribution in [0.1, 0.15) is 88.0 Å². The van der Waals surface area contributed by atoms with Gasteiger partial charge in [-0.05, 0) is 51.2 Å². The molecule has 36 heavy (non-hydrogen) atoms. The molecule has 0 radical (unpaired) electrons. The lowest BCUT2D eigenvalue weighted by atomic mass is 10.0. The van der Waals surface area contributed by atoms with E-state index in [1.807, 2.05) is 41.5 Å². The van der Waals surface area contributed by atoms with Gasteiger partial charge in [0.25, 0.3) is 0 Å². The second kappa shape index (κ2) is 15.4. The fourth-order valence-electron chi connectivity index (χ4n) is 3.00. The lowest BCUT2D eigenvalue weighted by Crippen LogP contribution is -2.56. The molecule has 0 rings (SSSR count). The number of amides is 3. The summed E-state index contributed by atoms with van der Waals surface area (Å²) in [4.78, 5) is 48.0. The van der Waals surface area contributed by atoms with Crippen molar-refractivity contribution in [3.05, 3.63) is 0 Å². The van der Waals surface area contributed by atoms with E-state index in [9.17, 15) is 19.2 Å². The molecule has 0 aliphatic carbocycles. The van der Waals surface area contributed by atoms with Crippen molar-refractivity contribution < 1.29 is 29.0 Å². The van der Waals surface area contributed by atoms with Gasteiger partial charge in [0.1, 0.15) is 6.04 Å². The number of aliphatic carboxylic acids is 1. The van der Waals surface area contributed by atoms with Gasteiger partial charge in [0, 0.05) is 25.1 Å². The number of carboxylic acid groups (broad SMARTS) is 1. The molecule has 0 aromatic heterocycles. The molecule has 9 nitrogen and oxygen atoms in total. The maximum atomic E-state index is 13.1. The van der Waals surface area contributed by atoms with E-state index in [0.29, 0.717) is 31.1 Å². The third kappa shape index (κ3) is 18.5. The van der Waals surface area contributed by atoms with Crippen LogP contribution in [0, 0.1) is 11.3 Å². The minimum atomic E-state index is -1.06. The van der Waals surface area contributed by atoms with Crippen molar-refractivity contribution in [3.8, 4) is 0 Å². The highest BCUT2D eigenvalue weighted by molar-refractivity contribution is 7.99. The van der Waals surface area contributed by atoms with Gasteiger partial charge in [-0.2, -0.15) is 11.8 Å². The smallest absolute Gasteiger partial charge is 0.303 e. The van der Waals surface area contributed by atoms with Crippen LogP contribution in [0.2, 0.25) is 0 Å². The molecule has 210 valence electrons. The Balaban J connectivity index is 4.94. The minimum Gasteiger partial charge on any atom is -0.481 e. The van der Waals surface area contributed by atoms with Gasteiger partial charge in [-0.1, -0.05) is 34.6 Å². The van der Waals surface area contributed by atoms with Crippen molar-refractivity contribution in [1.82, 2.24) is 16.0 Å². The summed E-state index contributed by atoms with van der Waals surface area (Å²) in [5.41, 5.74) is -1.17. The molecule has 0 aromatic carbocycles. The average Bonchev–Trinajstić information content (AvgIpc) is 2.68. The summed E-state index contributed by atoms with van der Waals surface area (Å²) in [6, 6.07) is -0.790. The highest BCUT2D eigenvalue weighted by Crippen LogP contribution is 2.21. The van der Waals surface area contributed by atoms with E-state index in [2.05, 4.69) is 36.7 Å². The second-order valence-electron chi connectivity index (χ2n) is 12.2. The second-order valence-corrected chi connectivity index (χ2v) is 13.2. The molecule has 0 spiro atoms. The zero-order valence-electron chi connectivity index (χ0n) is 23.7. The first-order valence-corrected chi connectivity index (χ1v) is 13.8. The summed E-state index contributed by atoms with van der Waals surface area (Å²) in [5, 5.41) is 17.4. The molecule has 3 amide bonds. The van der Waals surface area contributed by atoms with E-state index >= 15 is 0 Å². The van der Waals surface area contributed by atoms with Crippen LogP contribution in [0.4, 0.5) is 0 Å². The highest BCUT2D eigenvalue weighted by Gasteiger charge is 2.30. The van der Waals surface area contributed by atoms with Gasteiger partial charge in [0.15, 0.2) is 0 Å². The van der Waals surface area contributed by atoms with Gasteiger partial charge in [-0.25, -0.2) is 0 Å². The first kappa shape index (κ1) is 34.2. The molecule has 0 bridgehead atoms. The van der Waals surface area contributed by atoms with Crippen LogP contribution in [-0.2, 0) is 23.9 Å². The minimum absolute atomic E-state index is 0.0224. The van der Waals surface area contributed by atoms with E-state index in [4.69, 9.17) is 9.84 Å². The van der Waals surface area contributed by atoms with Crippen LogP contribution >= 0.6 is 11.8 Å². The number of carboxylic acids is 1. The topological polar surface area (TPSA) is 134 Å². The lowest BCUT2D eigenvalue weighted by Gasteiger charge is -2.34. The maximum absolute atomic E-state index is 13.1. The van der Waals surface area contributed by atoms with Crippen LogP contribution in [0.5, 0.6) is 0 Å². The van der Waals surface area contributed by atoms with Crippen molar-refractivity contribution >= 4 is 35.5 Å². The van der Waals surface area contributed by atoms with Crippen molar-refractivity contribution in [2.45, 2.75) is 105 Å². The van der Waals surface area contributed by atoms with E-state index in [1.54, 1.807) is 11.8 Å². The Kier molecular flexibility index (Phi) is 14.7. The van der Waals surface area contributed by atoms with Crippen LogP contribution in [0.3, 0.4) is 0 Å². The molecular weight excluding hydrogens is 482 g/mol. The van der Waals surface area contributed by atoms with Crippen LogP contribution in [0.25, 0.3) is 0 Å². The summed E-state index contributed by atoms with van der Waals surface area (Å²) < 4.78 is 6.09. The Morgan fingerprint density at radius 3 is 2.08 bits per heavy atom. The fraction of sp³-hybridized carbons (Fsp3) is 0.846. The van der Waals surface area contributed by atoms with Crippen molar-refractivity contribution in [1.29, 1.82) is 0 Å². The van der Waals surface area contributed by atoms with Gasteiger partial charge in [0.05, 0.1) is 24.2 Å². The Labute approximate surface area is 221 Å². The number of rotatable bonds is 17. The van der Waals surface area contributed by atoms with Crippen molar-refractivity contribution in [3.63, 3.8) is 0 Å². The molecule has 0 fully saturated rings. The number of carbonyl (C=O) groups excluding carboxylic acids is 3. The monoisotopic (exact) mass is 531 g/mol. The quantitative estimate of drug-likeness (QED) is 0.226. The average molecular weight is 532 g/mol. The summed E-state index contributed by atoms with van der Waals surface area (Å²) in [6.07, 6.45) is 0.633. The Bertz CT molecular complexity index is 732. The predicted molar refractivity (Wildman–Crippen MR) is 145 cm³/mol. The number of hydrogen-bond acceptors (Lipinski definition) is 6. The fourth-order valence-corrected chi connectivity index (χ4v) is 4.20. The third-order valence-corrected chi connectivity index (χ3v) is 6.60. The van der Waals surface area contributed by atoms with Gasteiger partial charge >= 0.3 is 5.97 Å². The summed E-state index contributed by atoms with van der Waals surface area (Å²) in [7, 11) is 0. The molecule has 1 atom stereocenters. The Hall–Kier alpha value is -1.81. The van der Waals surface area contributed by atoms with Crippen molar-refractivity contribution in [2.24, 2.45) is 11.3 Å². The molecule has 0 saturated carbocycles. The molecule has 4 N–H and O–H groups in total. The molecule has 0 aliphatic rings. The molecule has 0 aliphatic heterocycles. The summed E-state index contributed by atoms with van der Waals surface area (Å²) in [5.74, 6) is -0.369. The van der Waals surface area contributed by atoms with Crippen LogP contribution < -0.4 is 16.0 Å². The molecule has 0 heterocycles. The van der Waals surface area contributed by atoms with Gasteiger partial charge in [-0.3, -0.25) is 19.2 Å². The maximum Gasteiger partial charge on any atom is 0.303 e. The molecular formula is C26H49N3O6S. The zero-order valence-corrected chi connectivity index (χ0v) is 24.5. The normalized spacial score (nSPS) is 13.3. The molecule has 10 heteroatoms. The predicted octanol–water partition coefficient (Wildman–Crippen LogP) is 3.36. The van der Waals surface area contributed by atoms with Gasteiger partial charge in [0.2, 0.25) is 17.7 Å². The van der Waals surface area contributed by atoms with Crippen molar-refractivity contribution in [2.75, 3.05) is 24.7 Å². The number of thioether (sulfide) groups is 1. The van der Waals surface area contributed by atoms with Gasteiger partial charge < -0.3 is 25.8 Å². The summed E-state index contributed by atoms with van der Waals surface area (Å²) >= 11 is 1.56. The van der Waals surface area contributed by atoms with E-state index in [1.165, 1.54) is 0 Å². The number of carbonyl (C=O) groups is 4. The Morgan fingerprint density at radius 1 is 0.944 bits per heavy atom. The first-order chi connectivity index (χ1) is 16.3. The molecule has 0 saturated heterocycles. The van der Waals surface area contributed by atoms with Gasteiger partial charge in [-0.15, -0.1) is 0 Å². The summed E-state index contributed by atoms with van der Waals surface area (Å²) in [6.45, 7) is 18.6. The SMILES string of the molecule is CC(C)CC(=O)NCCC(C)(C)OCC(C)(C)NC(=O)[C@H](CSCC(C)(C)C)NC(=O)CCC(=O)O. The first-order valence-electron chi connectivity index (χ1n) is 12.6. The zero-order chi connectivity index (χ0) is 28.2. The molecule has 0 aromatic rings. The number of ether oxygens (including phenoxy) is 1. The van der Waals surface area contributed by atoms with E-state index in [-0.39, 0.29) is 36.7 Å². The van der Waals surface area contributed by atoms with Crippen LogP contribution in [-0.4, -0.2) is 70.6 Å². The number of nitrogens with one attached hydrogen (secondary N) is 3.